The third kappa shape index (κ3) is 4.52. The molecule has 0 aliphatic carbocycles. The summed E-state index contributed by atoms with van der Waals surface area (Å²) >= 11 is 5.99. The molecule has 6 heteroatoms. The predicted octanol–water partition coefficient (Wildman–Crippen LogP) is 3.85. The lowest BCUT2D eigenvalue weighted by molar-refractivity contribution is -0.156. The van der Waals surface area contributed by atoms with Crippen LogP contribution in [0.2, 0.25) is 5.02 Å². The van der Waals surface area contributed by atoms with Crippen LogP contribution in [0.1, 0.15) is 43.1 Å². The van der Waals surface area contributed by atoms with Crippen molar-refractivity contribution in [1.82, 2.24) is 10.2 Å². The zero-order valence-electron chi connectivity index (χ0n) is 17.7. The zero-order valence-corrected chi connectivity index (χ0v) is 18.4. The Hall–Kier alpha value is -2.37. The number of carbonyl (C=O) groups is 2. The molecule has 0 radical (unpaired) electrons. The number of benzene rings is 2. The van der Waals surface area contributed by atoms with Crippen LogP contribution in [-0.2, 0) is 10.4 Å². The maximum atomic E-state index is 13.0. The highest BCUT2D eigenvalue weighted by Gasteiger charge is 2.49. The second-order valence-electron chi connectivity index (χ2n) is 8.74. The number of rotatable bonds is 5. The topological polar surface area (TPSA) is 69.6 Å². The molecule has 2 N–H and O–H groups in total. The average molecular weight is 429 g/mol. The van der Waals surface area contributed by atoms with Crippen LogP contribution in [0.5, 0.6) is 0 Å². The van der Waals surface area contributed by atoms with Gasteiger partial charge in [0.15, 0.2) is 0 Å². The second-order valence-corrected chi connectivity index (χ2v) is 9.17. The maximum Gasteiger partial charge on any atom is 0.251 e. The van der Waals surface area contributed by atoms with Gasteiger partial charge in [-0.05, 0) is 36.2 Å². The number of likely N-dealkylation sites (tertiary alicyclic amines) is 1. The smallest absolute Gasteiger partial charge is 0.251 e. The molecule has 1 fully saturated rings. The van der Waals surface area contributed by atoms with Crippen molar-refractivity contribution in [2.45, 2.75) is 32.8 Å². The molecule has 2 aromatic carbocycles. The van der Waals surface area contributed by atoms with E-state index in [1.807, 2.05) is 39.0 Å². The SMILES string of the molecule is CC(CNC(=O)c1ccccc1)C(=O)N1CC[C@](O)(c2ccc(Cl)cc2)C(C)(C)C1. The molecule has 1 aliphatic heterocycles. The highest BCUT2D eigenvalue weighted by atomic mass is 35.5. The van der Waals surface area contributed by atoms with E-state index in [1.54, 1.807) is 41.3 Å². The first kappa shape index (κ1) is 22.3. The Bertz CT molecular complexity index is 898. The quantitative estimate of drug-likeness (QED) is 0.759. The van der Waals surface area contributed by atoms with Gasteiger partial charge in [0.2, 0.25) is 5.91 Å². The Labute approximate surface area is 183 Å². The van der Waals surface area contributed by atoms with Crippen molar-refractivity contribution in [1.29, 1.82) is 0 Å². The molecule has 2 atom stereocenters. The first-order chi connectivity index (χ1) is 14.1. The summed E-state index contributed by atoms with van der Waals surface area (Å²) in [6.45, 7) is 6.93. The van der Waals surface area contributed by atoms with Gasteiger partial charge in [0.05, 0.1) is 11.5 Å². The van der Waals surface area contributed by atoms with Crippen LogP contribution in [0.4, 0.5) is 0 Å². The van der Waals surface area contributed by atoms with E-state index in [4.69, 9.17) is 11.6 Å². The van der Waals surface area contributed by atoms with Crippen LogP contribution < -0.4 is 5.32 Å². The molecule has 0 spiro atoms. The van der Waals surface area contributed by atoms with Crippen molar-refractivity contribution < 1.29 is 14.7 Å². The Balaban J connectivity index is 1.62. The molecular formula is C24H29ClN2O3. The number of aliphatic hydroxyl groups is 1. The molecule has 5 nitrogen and oxygen atoms in total. The molecule has 1 unspecified atom stereocenters. The highest BCUT2D eigenvalue weighted by molar-refractivity contribution is 6.30. The molecule has 3 rings (SSSR count). The van der Waals surface area contributed by atoms with Gasteiger partial charge in [-0.3, -0.25) is 9.59 Å². The lowest BCUT2D eigenvalue weighted by atomic mass is 9.66. The number of hydrogen-bond donors (Lipinski definition) is 2. The first-order valence-electron chi connectivity index (χ1n) is 10.2. The summed E-state index contributed by atoms with van der Waals surface area (Å²) in [7, 11) is 0. The van der Waals surface area contributed by atoms with Crippen molar-refractivity contribution in [3.05, 3.63) is 70.7 Å². The third-order valence-electron chi connectivity index (χ3n) is 6.11. The van der Waals surface area contributed by atoms with Gasteiger partial charge >= 0.3 is 0 Å². The van der Waals surface area contributed by atoms with Gasteiger partial charge in [-0.2, -0.15) is 0 Å². The van der Waals surface area contributed by atoms with Crippen molar-refractivity contribution in [2.75, 3.05) is 19.6 Å². The number of piperidine rings is 1. The minimum absolute atomic E-state index is 0.0189. The molecule has 1 aliphatic rings. The summed E-state index contributed by atoms with van der Waals surface area (Å²) < 4.78 is 0. The summed E-state index contributed by atoms with van der Waals surface area (Å²) in [5.74, 6) is -0.559. The molecule has 2 amide bonds. The van der Waals surface area contributed by atoms with E-state index < -0.39 is 11.0 Å². The number of halogens is 1. The maximum absolute atomic E-state index is 13.0. The highest BCUT2D eigenvalue weighted by Crippen LogP contribution is 2.46. The van der Waals surface area contributed by atoms with E-state index in [0.717, 1.165) is 5.56 Å². The second kappa shape index (κ2) is 8.78. The Morgan fingerprint density at radius 1 is 1.13 bits per heavy atom. The summed E-state index contributed by atoms with van der Waals surface area (Å²) in [5.41, 5.74) is -0.197. The Kier molecular flexibility index (Phi) is 6.53. The van der Waals surface area contributed by atoms with E-state index in [2.05, 4.69) is 5.32 Å². The average Bonchev–Trinajstić information content (AvgIpc) is 2.74. The number of carbonyl (C=O) groups excluding carboxylic acids is 2. The lowest BCUT2D eigenvalue weighted by Crippen LogP contribution is -2.57. The molecule has 30 heavy (non-hydrogen) atoms. The molecule has 2 aromatic rings. The molecule has 0 bridgehead atoms. The van der Waals surface area contributed by atoms with Gasteiger partial charge in [0, 0.05) is 35.6 Å². The van der Waals surface area contributed by atoms with E-state index in [-0.39, 0.29) is 24.3 Å². The summed E-state index contributed by atoms with van der Waals surface area (Å²) in [6.07, 6.45) is 0.441. The molecule has 0 aromatic heterocycles. The summed E-state index contributed by atoms with van der Waals surface area (Å²) in [6, 6.07) is 16.2. The fourth-order valence-electron chi connectivity index (χ4n) is 4.11. The molecule has 160 valence electrons. The number of amides is 2. The molecular weight excluding hydrogens is 400 g/mol. The third-order valence-corrected chi connectivity index (χ3v) is 6.36. The van der Waals surface area contributed by atoms with E-state index in [1.165, 1.54) is 0 Å². The minimum Gasteiger partial charge on any atom is -0.384 e. The van der Waals surface area contributed by atoms with Crippen molar-refractivity contribution in [3.8, 4) is 0 Å². The molecule has 1 heterocycles. The van der Waals surface area contributed by atoms with E-state index in [0.29, 0.717) is 30.1 Å². The van der Waals surface area contributed by atoms with Gasteiger partial charge in [0.1, 0.15) is 0 Å². The number of hydrogen-bond acceptors (Lipinski definition) is 3. The number of nitrogens with zero attached hydrogens (tertiary/aromatic N) is 1. The lowest BCUT2D eigenvalue weighted by Gasteiger charge is -2.51. The monoisotopic (exact) mass is 428 g/mol. The fraction of sp³-hybridized carbons (Fsp3) is 0.417. The Morgan fingerprint density at radius 2 is 1.77 bits per heavy atom. The van der Waals surface area contributed by atoms with Crippen LogP contribution in [-0.4, -0.2) is 41.5 Å². The van der Waals surface area contributed by atoms with Crippen molar-refractivity contribution >= 4 is 23.4 Å². The number of nitrogens with one attached hydrogen (secondary N) is 1. The molecule has 1 saturated heterocycles. The first-order valence-corrected chi connectivity index (χ1v) is 10.6. The fourth-order valence-corrected chi connectivity index (χ4v) is 4.23. The normalized spacial score (nSPS) is 21.7. The summed E-state index contributed by atoms with van der Waals surface area (Å²) in [4.78, 5) is 27.0. The van der Waals surface area contributed by atoms with Gasteiger partial charge in [-0.1, -0.05) is 62.7 Å². The van der Waals surface area contributed by atoms with Gasteiger partial charge in [0.25, 0.3) is 5.91 Å². The zero-order chi connectivity index (χ0) is 21.9. The summed E-state index contributed by atoms with van der Waals surface area (Å²) in [5, 5.41) is 14.9. The van der Waals surface area contributed by atoms with Crippen LogP contribution in [0.15, 0.2) is 54.6 Å². The van der Waals surface area contributed by atoms with Crippen LogP contribution in [0.3, 0.4) is 0 Å². The standard InChI is InChI=1S/C24H29ClN2O3/c1-17(15-26-21(28)18-7-5-4-6-8-18)22(29)27-14-13-24(30,23(2,3)16-27)19-9-11-20(25)12-10-19/h4-12,17,30H,13-16H2,1-3H3,(H,26,28)/t17?,24-/m0/s1. The largest absolute Gasteiger partial charge is 0.384 e. The van der Waals surface area contributed by atoms with Gasteiger partial charge in [-0.25, -0.2) is 0 Å². The van der Waals surface area contributed by atoms with E-state index >= 15 is 0 Å². The van der Waals surface area contributed by atoms with Crippen LogP contribution in [0, 0.1) is 11.3 Å². The molecule has 0 saturated carbocycles. The van der Waals surface area contributed by atoms with Gasteiger partial charge in [-0.15, -0.1) is 0 Å². The van der Waals surface area contributed by atoms with Crippen LogP contribution in [0.25, 0.3) is 0 Å². The van der Waals surface area contributed by atoms with Crippen molar-refractivity contribution in [3.63, 3.8) is 0 Å². The van der Waals surface area contributed by atoms with Crippen LogP contribution >= 0.6 is 11.6 Å². The van der Waals surface area contributed by atoms with Crippen molar-refractivity contribution in [2.24, 2.45) is 11.3 Å². The minimum atomic E-state index is -1.04. The Morgan fingerprint density at radius 3 is 2.37 bits per heavy atom. The predicted molar refractivity (Wildman–Crippen MR) is 118 cm³/mol. The van der Waals surface area contributed by atoms with Gasteiger partial charge < -0.3 is 15.3 Å². The van der Waals surface area contributed by atoms with E-state index in [9.17, 15) is 14.7 Å².